The lowest BCUT2D eigenvalue weighted by Gasteiger charge is -2.36. The summed E-state index contributed by atoms with van der Waals surface area (Å²) < 4.78 is 30.2. The predicted octanol–water partition coefficient (Wildman–Crippen LogP) is 5.76. The van der Waals surface area contributed by atoms with Crippen LogP contribution in [0.1, 0.15) is 80.7 Å². The van der Waals surface area contributed by atoms with E-state index in [2.05, 4.69) is 0 Å². The van der Waals surface area contributed by atoms with Gasteiger partial charge in [0.15, 0.2) is 0 Å². The summed E-state index contributed by atoms with van der Waals surface area (Å²) in [5.74, 6) is -1.97. The summed E-state index contributed by atoms with van der Waals surface area (Å²) in [7, 11) is -1.00. The van der Waals surface area contributed by atoms with E-state index in [4.69, 9.17) is 14.2 Å². The highest BCUT2D eigenvalue weighted by Crippen LogP contribution is 2.48. The molecule has 0 saturated carbocycles. The van der Waals surface area contributed by atoms with Gasteiger partial charge < -0.3 is 14.2 Å². The van der Waals surface area contributed by atoms with Crippen molar-refractivity contribution in [2.45, 2.75) is 97.3 Å². The third-order valence-corrected chi connectivity index (χ3v) is 5.10. The number of benzene rings is 1. The number of ether oxygens (including phenoxy) is 3. The van der Waals surface area contributed by atoms with Gasteiger partial charge in [-0.05, 0) is 68.7 Å². The maximum Gasteiger partial charge on any atom is 0.365 e. The van der Waals surface area contributed by atoms with E-state index in [1.54, 1.807) is 65.8 Å². The fraction of sp³-hybridized carbons (Fsp3) is 0.667. The molecule has 1 aromatic rings. The quantitative estimate of drug-likeness (QED) is 0.368. The first-order valence-corrected chi connectivity index (χ1v) is 11.5. The lowest BCUT2D eigenvalue weighted by Crippen LogP contribution is -2.45. The van der Waals surface area contributed by atoms with Gasteiger partial charge in [-0.1, -0.05) is 34.9 Å². The molecule has 0 N–H and O–H groups in total. The minimum atomic E-state index is -1.47. The zero-order chi connectivity index (χ0) is 24.1. The summed E-state index contributed by atoms with van der Waals surface area (Å²) in [6.07, 6.45) is 0.0395. The summed E-state index contributed by atoms with van der Waals surface area (Å²) in [6.45, 7) is 16.2. The van der Waals surface area contributed by atoms with Gasteiger partial charge in [0.05, 0.1) is 5.60 Å². The van der Waals surface area contributed by atoms with E-state index in [-0.39, 0.29) is 12.8 Å². The van der Waals surface area contributed by atoms with E-state index in [0.717, 1.165) is 0 Å². The van der Waals surface area contributed by atoms with Crippen molar-refractivity contribution in [2.75, 3.05) is 0 Å². The molecule has 0 spiro atoms. The van der Waals surface area contributed by atoms with Gasteiger partial charge in [0.25, 0.3) is 0 Å². The van der Waals surface area contributed by atoms with Crippen LogP contribution in [0.25, 0.3) is 0 Å². The molecule has 1 aromatic carbocycles. The van der Waals surface area contributed by atoms with Crippen molar-refractivity contribution in [1.82, 2.24) is 0 Å². The first-order chi connectivity index (χ1) is 14.0. The van der Waals surface area contributed by atoms with E-state index in [1.165, 1.54) is 0 Å². The second-order valence-electron chi connectivity index (χ2n) is 10.6. The van der Waals surface area contributed by atoms with Gasteiger partial charge in [-0.2, -0.15) is 0 Å². The molecule has 174 valence electrons. The van der Waals surface area contributed by atoms with Gasteiger partial charge >= 0.3 is 25.7 Å². The molecule has 0 amide bonds. The Morgan fingerprint density at radius 3 is 1.77 bits per heavy atom. The molecule has 0 aliphatic rings. The van der Waals surface area contributed by atoms with Crippen LogP contribution in [0.4, 0.5) is 0 Å². The van der Waals surface area contributed by atoms with Gasteiger partial charge in [0.2, 0.25) is 0 Å². The molecule has 6 nitrogen and oxygen atoms in total. The van der Waals surface area contributed by atoms with Crippen LogP contribution in [-0.4, -0.2) is 28.7 Å². The van der Waals surface area contributed by atoms with Crippen molar-refractivity contribution >= 4 is 20.4 Å². The predicted molar refractivity (Wildman–Crippen MR) is 122 cm³/mol. The maximum atomic E-state index is 13.3. The molecule has 0 bridgehead atoms. The maximum absolute atomic E-state index is 13.3. The molecular weight excluding hydrogens is 415 g/mol. The van der Waals surface area contributed by atoms with Gasteiger partial charge in [-0.25, -0.2) is 0 Å². The van der Waals surface area contributed by atoms with Crippen LogP contribution < -0.4 is 0 Å². The van der Waals surface area contributed by atoms with Gasteiger partial charge in [-0.15, -0.1) is 0 Å². The number of rotatable bonds is 8. The first kappa shape index (κ1) is 27.3. The first-order valence-electron chi connectivity index (χ1n) is 10.6. The standard InChI is InChI=1S/C24H37O6P/c1-21(2,3)28-19(25)16-15-18(20(26)29-22(4,5)6)24(31-27,30-23(7,8)9)17-13-11-10-12-14-17/h10-14,18H,15-16H2,1-9H3/p+1. The van der Waals surface area contributed by atoms with Crippen LogP contribution in [0, 0.1) is 5.92 Å². The highest BCUT2D eigenvalue weighted by atomic mass is 31.1. The SMILES string of the molecule is CC(C)(C)OC(=O)CCC(C(=O)OC(C)(C)C)C(OC(C)(C)C)([PH+]=O)c1ccccc1. The molecule has 0 heterocycles. The van der Waals surface area contributed by atoms with E-state index in [9.17, 15) is 14.2 Å². The zero-order valence-corrected chi connectivity index (χ0v) is 21.3. The van der Waals surface area contributed by atoms with Crippen molar-refractivity contribution in [3.8, 4) is 0 Å². The van der Waals surface area contributed by atoms with Crippen molar-refractivity contribution in [1.29, 1.82) is 0 Å². The molecule has 0 aliphatic carbocycles. The van der Waals surface area contributed by atoms with Crippen LogP contribution >= 0.6 is 8.46 Å². The van der Waals surface area contributed by atoms with Crippen molar-refractivity contribution in [3.05, 3.63) is 35.9 Å². The number of esters is 2. The van der Waals surface area contributed by atoms with Crippen LogP contribution in [-0.2, 0) is 33.7 Å². The fourth-order valence-electron chi connectivity index (χ4n) is 3.17. The fourth-order valence-corrected chi connectivity index (χ4v) is 4.20. The Bertz CT molecular complexity index is 755. The molecule has 0 radical (unpaired) electrons. The molecule has 3 unspecified atom stereocenters. The minimum absolute atomic E-state index is 0.0340. The van der Waals surface area contributed by atoms with Gasteiger partial charge in [-0.3, -0.25) is 9.59 Å². The summed E-state index contributed by atoms with van der Waals surface area (Å²) in [5, 5.41) is -1.47. The smallest absolute Gasteiger partial charge is 0.365 e. The molecule has 7 heteroatoms. The van der Waals surface area contributed by atoms with Crippen LogP contribution in [0.2, 0.25) is 0 Å². The monoisotopic (exact) mass is 453 g/mol. The number of carbonyl (C=O) groups excluding carboxylic acids is 2. The van der Waals surface area contributed by atoms with E-state index in [1.807, 2.05) is 26.8 Å². The molecule has 0 aliphatic heterocycles. The average Bonchev–Trinajstić information content (AvgIpc) is 2.57. The molecule has 31 heavy (non-hydrogen) atoms. The van der Waals surface area contributed by atoms with E-state index < -0.39 is 48.5 Å². The Labute approximate surface area is 188 Å². The molecular formula is C24H38O6P+. The van der Waals surface area contributed by atoms with Gasteiger partial charge in [0, 0.05) is 12.0 Å². The third kappa shape index (κ3) is 9.08. The van der Waals surface area contributed by atoms with Crippen LogP contribution in [0.3, 0.4) is 0 Å². The Hall–Kier alpha value is -1.78. The molecule has 3 atom stereocenters. The molecule has 0 saturated heterocycles. The molecule has 0 aromatic heterocycles. The van der Waals surface area contributed by atoms with E-state index >= 15 is 0 Å². The largest absolute Gasteiger partial charge is 0.460 e. The average molecular weight is 454 g/mol. The topological polar surface area (TPSA) is 78.9 Å². The highest BCUT2D eigenvalue weighted by molar-refractivity contribution is 7.25. The molecule has 1 rings (SSSR count). The zero-order valence-electron chi connectivity index (χ0n) is 20.3. The lowest BCUT2D eigenvalue weighted by atomic mass is 9.89. The normalized spacial score (nSPS) is 15.8. The van der Waals surface area contributed by atoms with Gasteiger partial charge in [0.1, 0.15) is 17.1 Å². The molecule has 0 fully saturated rings. The highest BCUT2D eigenvalue weighted by Gasteiger charge is 2.57. The van der Waals surface area contributed by atoms with Crippen molar-refractivity contribution < 1.29 is 28.4 Å². The minimum Gasteiger partial charge on any atom is -0.460 e. The lowest BCUT2D eigenvalue weighted by molar-refractivity contribution is -0.178. The summed E-state index contributed by atoms with van der Waals surface area (Å²) >= 11 is 0. The summed E-state index contributed by atoms with van der Waals surface area (Å²) in [6, 6.07) is 9.00. The second kappa shape index (κ2) is 10.2. The summed E-state index contributed by atoms with van der Waals surface area (Å²) in [5.41, 5.74) is -1.51. The number of hydrogen-bond acceptors (Lipinski definition) is 6. The summed E-state index contributed by atoms with van der Waals surface area (Å²) in [4.78, 5) is 25.7. The number of carbonyl (C=O) groups is 2. The second-order valence-corrected chi connectivity index (χ2v) is 11.6. The van der Waals surface area contributed by atoms with Crippen LogP contribution in [0.5, 0.6) is 0 Å². The Morgan fingerprint density at radius 2 is 1.35 bits per heavy atom. The van der Waals surface area contributed by atoms with Crippen LogP contribution in [0.15, 0.2) is 30.3 Å². The number of hydrogen-bond donors (Lipinski definition) is 0. The van der Waals surface area contributed by atoms with Crippen molar-refractivity contribution in [2.24, 2.45) is 5.92 Å². The third-order valence-electron chi connectivity index (χ3n) is 4.06. The Kier molecular flexibility index (Phi) is 8.99. The van der Waals surface area contributed by atoms with E-state index in [0.29, 0.717) is 5.56 Å². The Morgan fingerprint density at radius 1 is 0.839 bits per heavy atom. The Balaban J connectivity index is 3.47. The van der Waals surface area contributed by atoms with Crippen molar-refractivity contribution in [3.63, 3.8) is 0 Å².